The molecule has 3 aliphatic rings. The molecule has 1 unspecified atom stereocenters. The zero-order chi connectivity index (χ0) is 24.6. The van der Waals surface area contributed by atoms with E-state index in [4.69, 9.17) is 26.4 Å². The van der Waals surface area contributed by atoms with Crippen LogP contribution in [0, 0.1) is 0 Å². The Kier molecular flexibility index (Phi) is 6.12. The van der Waals surface area contributed by atoms with Crippen molar-refractivity contribution < 1.29 is 19.0 Å². The van der Waals surface area contributed by atoms with Gasteiger partial charge in [-0.1, -0.05) is 36.1 Å². The number of hydrogen-bond donors (Lipinski definition) is 1. The van der Waals surface area contributed by atoms with Gasteiger partial charge in [0, 0.05) is 19.3 Å². The second-order valence-corrected chi connectivity index (χ2v) is 10.3. The number of thioether (sulfide) groups is 1. The fourth-order valence-corrected chi connectivity index (χ4v) is 5.61. The number of nitrogens with zero attached hydrogens (tertiary/aromatic N) is 3. The molecule has 0 radical (unpaired) electrons. The van der Waals surface area contributed by atoms with Crippen LogP contribution in [-0.2, 0) is 16.1 Å². The Morgan fingerprint density at radius 2 is 2.08 bits per heavy atom. The molecule has 3 aromatic rings. The SMILES string of the molecule is O=C1C(=Cc2c(NCC3CCCO3)nc3ccccn3c2=O)SC(=S)N1Cc1ccc2c(c1)OCO2. The van der Waals surface area contributed by atoms with Crippen molar-refractivity contribution in [3.05, 3.63) is 69.0 Å². The van der Waals surface area contributed by atoms with Crippen LogP contribution in [0.3, 0.4) is 0 Å². The molecule has 0 aliphatic carbocycles. The molecule has 0 spiro atoms. The summed E-state index contributed by atoms with van der Waals surface area (Å²) in [5, 5.41) is 3.28. The van der Waals surface area contributed by atoms with Gasteiger partial charge in [-0.15, -0.1) is 0 Å². The van der Waals surface area contributed by atoms with Crippen molar-refractivity contribution in [2.75, 3.05) is 25.3 Å². The fraction of sp³-hybridized carbons (Fsp3) is 0.280. The minimum atomic E-state index is -0.267. The van der Waals surface area contributed by atoms with E-state index in [1.165, 1.54) is 21.1 Å². The topological polar surface area (TPSA) is 94.4 Å². The average molecular weight is 523 g/mol. The number of fused-ring (bicyclic) bond motifs is 2. The summed E-state index contributed by atoms with van der Waals surface area (Å²) in [7, 11) is 0. The van der Waals surface area contributed by atoms with E-state index in [0.717, 1.165) is 25.0 Å². The summed E-state index contributed by atoms with van der Waals surface area (Å²) >= 11 is 6.69. The minimum absolute atomic E-state index is 0.0637. The number of carbonyl (C=O) groups excluding carboxylic acids is 1. The van der Waals surface area contributed by atoms with Gasteiger partial charge >= 0.3 is 0 Å². The van der Waals surface area contributed by atoms with Gasteiger partial charge in [-0.05, 0) is 48.7 Å². The monoisotopic (exact) mass is 522 g/mol. The van der Waals surface area contributed by atoms with Crippen LogP contribution in [0.15, 0.2) is 52.3 Å². The third-order valence-corrected chi connectivity index (χ3v) is 7.59. The molecular formula is C25H22N4O5S2. The molecule has 2 saturated heterocycles. The lowest BCUT2D eigenvalue weighted by Crippen LogP contribution is -2.27. The van der Waals surface area contributed by atoms with E-state index in [-0.39, 0.29) is 30.9 Å². The lowest BCUT2D eigenvalue weighted by atomic mass is 10.2. The average Bonchev–Trinajstić information content (AvgIpc) is 3.63. The lowest BCUT2D eigenvalue weighted by molar-refractivity contribution is -0.122. The molecule has 36 heavy (non-hydrogen) atoms. The highest BCUT2D eigenvalue weighted by molar-refractivity contribution is 8.26. The first kappa shape index (κ1) is 23.0. The Bertz CT molecular complexity index is 1460. The van der Waals surface area contributed by atoms with Gasteiger partial charge in [-0.2, -0.15) is 0 Å². The summed E-state index contributed by atoms with van der Waals surface area (Å²) in [6, 6.07) is 10.9. The number of rotatable bonds is 6. The number of aromatic nitrogens is 2. The van der Waals surface area contributed by atoms with Gasteiger partial charge in [-0.25, -0.2) is 4.98 Å². The lowest BCUT2D eigenvalue weighted by Gasteiger charge is -2.15. The standard InChI is InChI=1S/C25H22N4O5S2/c30-23-17(22(26-12-16-4-3-9-32-16)27-21-5-1-2-8-28(21)23)11-20-24(31)29(25(35)36-20)13-15-6-7-18-19(10-15)34-14-33-18/h1-2,5-8,10-11,16,26H,3-4,9,12-14H2. The highest BCUT2D eigenvalue weighted by Gasteiger charge is 2.33. The highest BCUT2D eigenvalue weighted by Crippen LogP contribution is 2.36. The number of carbonyl (C=O) groups is 1. The summed E-state index contributed by atoms with van der Waals surface area (Å²) in [5.41, 5.74) is 1.42. The maximum Gasteiger partial charge on any atom is 0.267 e. The van der Waals surface area contributed by atoms with Crippen LogP contribution in [0.2, 0.25) is 0 Å². The second kappa shape index (κ2) is 9.57. The van der Waals surface area contributed by atoms with Crippen LogP contribution in [0.1, 0.15) is 24.0 Å². The smallest absolute Gasteiger partial charge is 0.267 e. The zero-order valence-electron chi connectivity index (χ0n) is 19.1. The van der Waals surface area contributed by atoms with E-state index < -0.39 is 0 Å². The molecule has 1 aromatic carbocycles. The van der Waals surface area contributed by atoms with Crippen molar-refractivity contribution >= 4 is 51.7 Å². The quantitative estimate of drug-likeness (QED) is 0.386. The molecule has 5 heterocycles. The van der Waals surface area contributed by atoms with Crippen molar-refractivity contribution in [1.29, 1.82) is 0 Å². The fourth-order valence-electron chi connectivity index (χ4n) is 4.37. The van der Waals surface area contributed by atoms with Gasteiger partial charge in [0.15, 0.2) is 11.5 Å². The number of pyridine rings is 1. The molecule has 3 aliphatic heterocycles. The minimum Gasteiger partial charge on any atom is -0.454 e. The molecule has 184 valence electrons. The van der Waals surface area contributed by atoms with Crippen LogP contribution in [-0.4, -0.2) is 50.6 Å². The van der Waals surface area contributed by atoms with E-state index in [1.807, 2.05) is 24.3 Å². The summed E-state index contributed by atoms with van der Waals surface area (Å²) < 4.78 is 18.4. The van der Waals surface area contributed by atoms with Gasteiger partial charge < -0.3 is 19.5 Å². The number of anilines is 1. The predicted molar refractivity (Wildman–Crippen MR) is 140 cm³/mol. The normalized spacial score (nSPS) is 20.2. The van der Waals surface area contributed by atoms with Crippen molar-refractivity contribution in [2.24, 2.45) is 0 Å². The number of benzene rings is 1. The maximum atomic E-state index is 13.4. The van der Waals surface area contributed by atoms with Crippen molar-refractivity contribution in [3.63, 3.8) is 0 Å². The number of thiocarbonyl (C=S) groups is 1. The van der Waals surface area contributed by atoms with Gasteiger partial charge in [0.05, 0.1) is 23.1 Å². The number of amides is 1. The van der Waals surface area contributed by atoms with E-state index in [9.17, 15) is 9.59 Å². The molecule has 6 rings (SSSR count). The van der Waals surface area contributed by atoms with Gasteiger partial charge in [0.25, 0.3) is 11.5 Å². The van der Waals surface area contributed by atoms with E-state index in [1.54, 1.807) is 24.4 Å². The molecule has 0 bridgehead atoms. The Morgan fingerprint density at radius 3 is 2.94 bits per heavy atom. The molecule has 1 atom stereocenters. The largest absolute Gasteiger partial charge is 0.454 e. The summed E-state index contributed by atoms with van der Waals surface area (Å²) in [4.78, 5) is 33.3. The first-order valence-electron chi connectivity index (χ1n) is 11.6. The Morgan fingerprint density at radius 1 is 1.19 bits per heavy atom. The first-order chi connectivity index (χ1) is 17.6. The molecule has 1 N–H and O–H groups in total. The third kappa shape index (κ3) is 4.34. The number of nitrogens with one attached hydrogen (secondary N) is 1. The predicted octanol–water partition coefficient (Wildman–Crippen LogP) is 3.42. The summed E-state index contributed by atoms with van der Waals surface area (Å²) in [6.07, 6.45) is 5.28. The van der Waals surface area contributed by atoms with E-state index >= 15 is 0 Å². The first-order valence-corrected chi connectivity index (χ1v) is 12.8. The van der Waals surface area contributed by atoms with E-state index in [2.05, 4.69) is 10.3 Å². The molecule has 2 fully saturated rings. The third-order valence-electron chi connectivity index (χ3n) is 6.22. The summed E-state index contributed by atoms with van der Waals surface area (Å²) in [5.74, 6) is 1.48. The van der Waals surface area contributed by atoms with Crippen LogP contribution < -0.4 is 20.3 Å². The molecular weight excluding hydrogens is 500 g/mol. The molecule has 11 heteroatoms. The molecule has 0 saturated carbocycles. The molecule has 9 nitrogen and oxygen atoms in total. The zero-order valence-corrected chi connectivity index (χ0v) is 20.8. The van der Waals surface area contributed by atoms with Gasteiger partial charge in [0.2, 0.25) is 6.79 Å². The molecule has 2 aromatic heterocycles. The summed E-state index contributed by atoms with van der Waals surface area (Å²) in [6.45, 7) is 1.74. The highest BCUT2D eigenvalue weighted by atomic mass is 32.2. The van der Waals surface area contributed by atoms with Gasteiger partial charge in [-0.3, -0.25) is 18.9 Å². The number of ether oxygens (including phenoxy) is 3. The van der Waals surface area contributed by atoms with Crippen molar-refractivity contribution in [1.82, 2.24) is 14.3 Å². The van der Waals surface area contributed by atoms with Gasteiger partial charge in [0.1, 0.15) is 15.8 Å². The number of hydrogen-bond acceptors (Lipinski definition) is 9. The Balaban J connectivity index is 1.31. The van der Waals surface area contributed by atoms with Crippen LogP contribution in [0.5, 0.6) is 11.5 Å². The van der Waals surface area contributed by atoms with Crippen molar-refractivity contribution in [3.8, 4) is 11.5 Å². The molecule has 1 amide bonds. The van der Waals surface area contributed by atoms with Crippen molar-refractivity contribution in [2.45, 2.75) is 25.5 Å². The van der Waals surface area contributed by atoms with E-state index in [0.29, 0.717) is 44.3 Å². The van der Waals surface area contributed by atoms with Crippen LogP contribution in [0.25, 0.3) is 11.7 Å². The Labute approximate surface area is 216 Å². The maximum absolute atomic E-state index is 13.4. The second-order valence-electron chi connectivity index (χ2n) is 8.58. The Hall–Kier alpha value is -3.41. The van der Waals surface area contributed by atoms with Crippen LogP contribution in [0.4, 0.5) is 5.82 Å². The van der Waals surface area contributed by atoms with Crippen LogP contribution >= 0.6 is 24.0 Å².